The number of pyridine rings is 1. The number of nitrogens with one attached hydrogen (secondary N) is 1. The van der Waals surface area contributed by atoms with Crippen molar-refractivity contribution in [1.82, 2.24) is 10.3 Å². The minimum Gasteiger partial charge on any atom is -0.496 e. The number of rotatable bonds is 5. The van der Waals surface area contributed by atoms with E-state index in [1.165, 1.54) is 19.2 Å². The Bertz CT molecular complexity index is 656. The fourth-order valence-electron chi connectivity index (χ4n) is 1.82. The molecule has 0 spiro atoms. The zero-order valence-corrected chi connectivity index (χ0v) is 11.5. The SMILES string of the molecule is COc1ccc(C(N)=O)cc1C(=O)NCc1cccnc1. The van der Waals surface area contributed by atoms with E-state index in [2.05, 4.69) is 10.3 Å². The first-order valence-corrected chi connectivity index (χ1v) is 6.26. The summed E-state index contributed by atoms with van der Waals surface area (Å²) in [5.41, 5.74) is 6.60. The van der Waals surface area contributed by atoms with Crippen LogP contribution in [0.25, 0.3) is 0 Å². The second-order valence-corrected chi connectivity index (χ2v) is 4.32. The summed E-state index contributed by atoms with van der Waals surface area (Å²) >= 11 is 0. The number of nitrogens with two attached hydrogens (primary N) is 1. The Balaban J connectivity index is 2.17. The lowest BCUT2D eigenvalue weighted by Gasteiger charge is -2.10. The Morgan fingerprint density at radius 1 is 1.33 bits per heavy atom. The number of hydrogen-bond acceptors (Lipinski definition) is 4. The maximum Gasteiger partial charge on any atom is 0.255 e. The molecule has 1 aromatic carbocycles. The summed E-state index contributed by atoms with van der Waals surface area (Å²) in [7, 11) is 1.46. The third kappa shape index (κ3) is 3.56. The number of methoxy groups -OCH3 is 1. The highest BCUT2D eigenvalue weighted by Crippen LogP contribution is 2.19. The Labute approximate surface area is 121 Å². The van der Waals surface area contributed by atoms with Crippen LogP contribution in [0.4, 0.5) is 0 Å². The van der Waals surface area contributed by atoms with Crippen molar-refractivity contribution in [2.45, 2.75) is 6.54 Å². The molecular formula is C15H15N3O3. The summed E-state index contributed by atoms with van der Waals surface area (Å²) in [4.78, 5) is 27.4. The first kappa shape index (κ1) is 14.5. The molecular weight excluding hydrogens is 270 g/mol. The highest BCUT2D eigenvalue weighted by molar-refractivity contribution is 6.01. The molecule has 0 aliphatic rings. The molecule has 1 heterocycles. The first-order valence-electron chi connectivity index (χ1n) is 6.26. The average molecular weight is 285 g/mol. The second kappa shape index (κ2) is 6.51. The van der Waals surface area contributed by atoms with E-state index in [9.17, 15) is 9.59 Å². The fraction of sp³-hybridized carbons (Fsp3) is 0.133. The van der Waals surface area contributed by atoms with Crippen LogP contribution in [0.1, 0.15) is 26.3 Å². The zero-order valence-electron chi connectivity index (χ0n) is 11.5. The Kier molecular flexibility index (Phi) is 4.50. The van der Waals surface area contributed by atoms with Gasteiger partial charge in [0, 0.05) is 24.5 Å². The van der Waals surface area contributed by atoms with Crippen LogP contribution in [0.3, 0.4) is 0 Å². The monoisotopic (exact) mass is 285 g/mol. The van der Waals surface area contributed by atoms with Gasteiger partial charge in [0.15, 0.2) is 0 Å². The summed E-state index contributed by atoms with van der Waals surface area (Å²) < 4.78 is 5.13. The van der Waals surface area contributed by atoms with E-state index in [0.717, 1.165) is 5.56 Å². The minimum absolute atomic E-state index is 0.252. The normalized spacial score (nSPS) is 9.95. The molecule has 2 rings (SSSR count). The quantitative estimate of drug-likeness (QED) is 0.860. The van der Waals surface area contributed by atoms with E-state index >= 15 is 0 Å². The van der Waals surface area contributed by atoms with E-state index in [1.807, 2.05) is 6.07 Å². The highest BCUT2D eigenvalue weighted by Gasteiger charge is 2.14. The van der Waals surface area contributed by atoms with Gasteiger partial charge < -0.3 is 15.8 Å². The smallest absolute Gasteiger partial charge is 0.255 e. The maximum absolute atomic E-state index is 12.2. The molecule has 0 aliphatic carbocycles. The van der Waals surface area contributed by atoms with Crippen LogP contribution in [0.15, 0.2) is 42.7 Å². The van der Waals surface area contributed by atoms with Gasteiger partial charge in [0.05, 0.1) is 12.7 Å². The van der Waals surface area contributed by atoms with Gasteiger partial charge in [-0.05, 0) is 29.8 Å². The van der Waals surface area contributed by atoms with E-state index in [4.69, 9.17) is 10.5 Å². The lowest BCUT2D eigenvalue weighted by molar-refractivity contribution is 0.0948. The molecule has 2 aromatic rings. The van der Waals surface area contributed by atoms with Gasteiger partial charge in [0.2, 0.25) is 5.91 Å². The van der Waals surface area contributed by atoms with Crippen LogP contribution in [0.2, 0.25) is 0 Å². The molecule has 108 valence electrons. The van der Waals surface area contributed by atoms with Crippen molar-refractivity contribution >= 4 is 11.8 Å². The van der Waals surface area contributed by atoms with Gasteiger partial charge >= 0.3 is 0 Å². The minimum atomic E-state index is -0.598. The van der Waals surface area contributed by atoms with Crippen molar-refractivity contribution in [3.05, 3.63) is 59.4 Å². The van der Waals surface area contributed by atoms with Crippen molar-refractivity contribution in [3.8, 4) is 5.75 Å². The molecule has 0 atom stereocenters. The summed E-state index contributed by atoms with van der Waals surface area (Å²) in [5, 5.41) is 2.75. The number of carbonyl (C=O) groups excluding carboxylic acids is 2. The lowest BCUT2D eigenvalue weighted by Crippen LogP contribution is -2.24. The number of benzene rings is 1. The van der Waals surface area contributed by atoms with Crippen LogP contribution in [0, 0.1) is 0 Å². The molecule has 21 heavy (non-hydrogen) atoms. The zero-order chi connectivity index (χ0) is 15.2. The van der Waals surface area contributed by atoms with Crippen molar-refractivity contribution in [1.29, 1.82) is 0 Å². The first-order chi connectivity index (χ1) is 10.1. The number of nitrogens with zero attached hydrogens (tertiary/aromatic N) is 1. The van der Waals surface area contributed by atoms with Crippen molar-refractivity contribution < 1.29 is 14.3 Å². The molecule has 2 amide bonds. The topological polar surface area (TPSA) is 94.3 Å². The van der Waals surface area contributed by atoms with Gasteiger partial charge in [-0.1, -0.05) is 6.07 Å². The molecule has 6 heteroatoms. The summed E-state index contributed by atoms with van der Waals surface area (Å²) in [6.45, 7) is 0.330. The van der Waals surface area contributed by atoms with E-state index in [-0.39, 0.29) is 17.0 Å². The summed E-state index contributed by atoms with van der Waals surface area (Å²) in [5.74, 6) is -0.568. The van der Waals surface area contributed by atoms with E-state index in [0.29, 0.717) is 12.3 Å². The van der Waals surface area contributed by atoms with E-state index in [1.54, 1.807) is 24.5 Å². The highest BCUT2D eigenvalue weighted by atomic mass is 16.5. The Morgan fingerprint density at radius 3 is 2.76 bits per heavy atom. The molecule has 0 fully saturated rings. The average Bonchev–Trinajstić information content (AvgIpc) is 2.52. The number of hydrogen-bond donors (Lipinski definition) is 2. The molecule has 0 saturated carbocycles. The maximum atomic E-state index is 12.2. The summed E-state index contributed by atoms with van der Waals surface area (Å²) in [6.07, 6.45) is 3.32. The summed E-state index contributed by atoms with van der Waals surface area (Å²) in [6, 6.07) is 8.11. The molecule has 0 saturated heterocycles. The molecule has 1 aromatic heterocycles. The molecule has 0 radical (unpaired) electrons. The van der Waals surface area contributed by atoms with Crippen LogP contribution in [0.5, 0.6) is 5.75 Å². The van der Waals surface area contributed by atoms with Gasteiger partial charge in [-0.25, -0.2) is 0 Å². The van der Waals surface area contributed by atoms with Crippen LogP contribution in [-0.2, 0) is 6.54 Å². The molecule has 3 N–H and O–H groups in total. The third-order valence-corrected chi connectivity index (χ3v) is 2.90. The molecule has 6 nitrogen and oxygen atoms in total. The van der Waals surface area contributed by atoms with Crippen molar-refractivity contribution in [2.75, 3.05) is 7.11 Å². The number of ether oxygens (including phenoxy) is 1. The van der Waals surface area contributed by atoms with Crippen molar-refractivity contribution in [3.63, 3.8) is 0 Å². The lowest BCUT2D eigenvalue weighted by atomic mass is 10.1. The van der Waals surface area contributed by atoms with Gasteiger partial charge in [-0.15, -0.1) is 0 Å². The Morgan fingerprint density at radius 2 is 2.14 bits per heavy atom. The number of primary amides is 1. The fourth-order valence-corrected chi connectivity index (χ4v) is 1.82. The van der Waals surface area contributed by atoms with E-state index < -0.39 is 5.91 Å². The van der Waals surface area contributed by atoms with Gasteiger partial charge in [0.25, 0.3) is 5.91 Å². The molecule has 0 bridgehead atoms. The number of aromatic nitrogens is 1. The van der Waals surface area contributed by atoms with Gasteiger partial charge in [0.1, 0.15) is 5.75 Å². The van der Waals surface area contributed by atoms with Gasteiger partial charge in [-0.3, -0.25) is 14.6 Å². The predicted molar refractivity (Wildman–Crippen MR) is 76.9 cm³/mol. The Hall–Kier alpha value is -2.89. The molecule has 0 unspecified atom stereocenters. The molecule has 0 aliphatic heterocycles. The third-order valence-electron chi connectivity index (χ3n) is 2.90. The predicted octanol–water partition coefficient (Wildman–Crippen LogP) is 1.12. The second-order valence-electron chi connectivity index (χ2n) is 4.32. The standard InChI is InChI=1S/C15H15N3O3/c1-21-13-5-4-11(14(16)19)7-12(13)15(20)18-9-10-3-2-6-17-8-10/h2-8H,9H2,1H3,(H2,16,19)(H,18,20). The number of amides is 2. The van der Waals surface area contributed by atoms with Crippen LogP contribution < -0.4 is 15.8 Å². The van der Waals surface area contributed by atoms with Crippen molar-refractivity contribution in [2.24, 2.45) is 5.73 Å². The van der Waals surface area contributed by atoms with Crippen LogP contribution in [-0.4, -0.2) is 23.9 Å². The van der Waals surface area contributed by atoms with Gasteiger partial charge in [-0.2, -0.15) is 0 Å². The largest absolute Gasteiger partial charge is 0.496 e. The van der Waals surface area contributed by atoms with Crippen LogP contribution >= 0.6 is 0 Å². The number of carbonyl (C=O) groups is 2.